The molecule has 0 aliphatic carbocycles. The molecule has 1 aliphatic rings. The predicted molar refractivity (Wildman–Crippen MR) is 168 cm³/mol. The smallest absolute Gasteiger partial charge is 0.433 e. The summed E-state index contributed by atoms with van der Waals surface area (Å²) in [4.78, 5) is 101. The summed E-state index contributed by atoms with van der Waals surface area (Å²) in [6.45, 7) is 5.81. The number of aliphatic hydroxyl groups excluding tert-OH is 1. The van der Waals surface area contributed by atoms with Crippen molar-refractivity contribution in [3.63, 3.8) is 0 Å². The molecule has 1 aromatic rings. The Kier molecular flexibility index (Phi) is 15.6. The van der Waals surface area contributed by atoms with Crippen molar-refractivity contribution >= 4 is 47.8 Å². The number of esters is 1. The fraction of sp³-hybridized carbons (Fsp3) is 0.548. The number of aliphatic hydroxyl groups is 1. The van der Waals surface area contributed by atoms with Crippen molar-refractivity contribution in [1.82, 2.24) is 26.0 Å². The quantitative estimate of drug-likeness (QED) is 0.0692. The van der Waals surface area contributed by atoms with Gasteiger partial charge in [0.05, 0.1) is 12.7 Å². The number of carbonyl (C=O) groups is 8. The molecule has 19 heteroatoms. The molecular formula is C31H43N5O14. The van der Waals surface area contributed by atoms with Crippen LogP contribution >= 0.6 is 0 Å². The number of amides is 6. The number of hydrazine groups is 1. The van der Waals surface area contributed by atoms with Gasteiger partial charge in [-0.1, -0.05) is 50.6 Å². The Morgan fingerprint density at radius 3 is 2.06 bits per heavy atom. The number of imide groups is 1. The van der Waals surface area contributed by atoms with Crippen LogP contribution < -0.4 is 16.0 Å². The van der Waals surface area contributed by atoms with Gasteiger partial charge < -0.3 is 45.5 Å². The van der Waals surface area contributed by atoms with Gasteiger partial charge in [-0.25, -0.2) is 19.4 Å². The minimum absolute atomic E-state index is 0.0413. The fourth-order valence-electron chi connectivity index (χ4n) is 4.53. The van der Waals surface area contributed by atoms with E-state index in [9.17, 15) is 53.7 Å². The monoisotopic (exact) mass is 709 g/mol. The molecule has 2 rings (SSSR count). The molecule has 1 heterocycles. The topological polar surface area (TPSA) is 271 Å². The van der Waals surface area contributed by atoms with Gasteiger partial charge >= 0.3 is 24.1 Å². The summed E-state index contributed by atoms with van der Waals surface area (Å²) in [5.41, 5.74) is 0.683. The van der Waals surface area contributed by atoms with Crippen LogP contribution in [0.2, 0.25) is 0 Å². The first kappa shape index (κ1) is 40.9. The highest BCUT2D eigenvalue weighted by molar-refractivity contribution is 6.01. The standard InChI is InChI=1S/C31H43N5O14/c1-6-16(3)21(34-30(45)49-15-18-11-9-8-10-12-18)26(41)32-19(13-14-20(38)39)25(40)33-22(17(4)37)27(42)35(5)36(31(46)47)28(43)23-24(50-23)29(44)48-7-2/h8-12,16-17,19,21-24,37H,6-7,13-15H2,1-5H3,(H,32,41)(H,33,40)(H,34,45)(H,38,39)(H,46,47)/t16-,17+,19-,21-,22-,23+,24+/m0/s1. The zero-order valence-electron chi connectivity index (χ0n) is 28.2. The Morgan fingerprint density at radius 2 is 1.52 bits per heavy atom. The third-order valence-corrected chi connectivity index (χ3v) is 7.57. The minimum atomic E-state index is -1.96. The predicted octanol–water partition coefficient (Wildman–Crippen LogP) is -0.247. The summed E-state index contributed by atoms with van der Waals surface area (Å²) in [6, 6.07) is 3.91. The molecule has 0 saturated carbocycles. The number of carboxylic acids is 1. The Morgan fingerprint density at radius 1 is 0.880 bits per heavy atom. The molecule has 0 aromatic heterocycles. The van der Waals surface area contributed by atoms with Crippen molar-refractivity contribution in [2.75, 3.05) is 13.7 Å². The van der Waals surface area contributed by atoms with Crippen LogP contribution in [0.25, 0.3) is 0 Å². The Balaban J connectivity index is 2.22. The molecule has 1 aliphatic heterocycles. The van der Waals surface area contributed by atoms with E-state index in [1.807, 2.05) is 0 Å². The number of nitrogens with one attached hydrogen (secondary N) is 3. The van der Waals surface area contributed by atoms with Crippen LogP contribution in [0.15, 0.2) is 30.3 Å². The number of carboxylic acid groups (broad SMARTS) is 2. The van der Waals surface area contributed by atoms with E-state index in [-0.39, 0.29) is 23.2 Å². The third-order valence-electron chi connectivity index (χ3n) is 7.57. The highest BCUT2D eigenvalue weighted by Gasteiger charge is 2.55. The largest absolute Gasteiger partial charge is 0.481 e. The highest BCUT2D eigenvalue weighted by Crippen LogP contribution is 2.26. The Hall–Kier alpha value is -5.30. The van der Waals surface area contributed by atoms with Crippen LogP contribution in [0.1, 0.15) is 52.5 Å². The van der Waals surface area contributed by atoms with E-state index in [4.69, 9.17) is 14.2 Å². The number of aliphatic carboxylic acids is 1. The maximum absolute atomic E-state index is 13.4. The molecular weight excluding hydrogens is 666 g/mol. The zero-order valence-corrected chi connectivity index (χ0v) is 28.2. The van der Waals surface area contributed by atoms with Gasteiger partial charge in [-0.2, -0.15) is 0 Å². The van der Waals surface area contributed by atoms with Gasteiger partial charge in [0.25, 0.3) is 11.8 Å². The summed E-state index contributed by atoms with van der Waals surface area (Å²) in [5, 5.41) is 36.6. The second kappa shape index (κ2) is 19.0. The van der Waals surface area contributed by atoms with Gasteiger partial charge in [0.15, 0.2) is 12.2 Å². The lowest BCUT2D eigenvalue weighted by atomic mass is 9.97. The second-order valence-electron chi connectivity index (χ2n) is 11.3. The second-order valence-corrected chi connectivity index (χ2v) is 11.3. The molecule has 6 amide bonds. The molecule has 276 valence electrons. The molecule has 6 N–H and O–H groups in total. The van der Waals surface area contributed by atoms with Crippen molar-refractivity contribution < 1.29 is 67.9 Å². The third kappa shape index (κ3) is 11.7. The van der Waals surface area contributed by atoms with Gasteiger partial charge in [-0.05, 0) is 31.7 Å². The van der Waals surface area contributed by atoms with Crippen LogP contribution in [-0.4, -0.2) is 123 Å². The lowest BCUT2D eigenvalue weighted by Gasteiger charge is -2.32. The van der Waals surface area contributed by atoms with Crippen LogP contribution in [-0.2, 0) is 49.6 Å². The number of hydrogen-bond acceptors (Lipinski definition) is 12. The molecule has 0 unspecified atom stereocenters. The number of ether oxygens (including phenoxy) is 3. The number of alkyl carbamates (subject to hydrolysis) is 1. The van der Waals surface area contributed by atoms with Crippen LogP contribution in [0.5, 0.6) is 0 Å². The van der Waals surface area contributed by atoms with Gasteiger partial charge in [-0.3, -0.25) is 24.0 Å². The number of likely N-dealkylation sites (N-methyl/N-ethyl adjacent to an activating group) is 1. The van der Waals surface area contributed by atoms with Crippen molar-refractivity contribution in [2.24, 2.45) is 5.92 Å². The number of epoxide rings is 1. The molecule has 50 heavy (non-hydrogen) atoms. The van der Waals surface area contributed by atoms with E-state index in [0.717, 1.165) is 14.0 Å². The van der Waals surface area contributed by atoms with Crippen LogP contribution in [0, 0.1) is 5.92 Å². The lowest BCUT2D eigenvalue weighted by Crippen LogP contribution is -2.62. The zero-order chi connectivity index (χ0) is 37.7. The first-order valence-corrected chi connectivity index (χ1v) is 15.7. The first-order chi connectivity index (χ1) is 23.5. The van der Waals surface area contributed by atoms with E-state index < -0.39 is 103 Å². The number of hydrogen-bond donors (Lipinski definition) is 6. The summed E-state index contributed by atoms with van der Waals surface area (Å²) < 4.78 is 14.9. The minimum Gasteiger partial charge on any atom is -0.481 e. The molecule has 0 spiro atoms. The van der Waals surface area contributed by atoms with E-state index >= 15 is 0 Å². The van der Waals surface area contributed by atoms with Crippen molar-refractivity contribution in [3.05, 3.63) is 35.9 Å². The summed E-state index contributed by atoms with van der Waals surface area (Å²) in [6.07, 6.45) is -8.34. The van der Waals surface area contributed by atoms with Gasteiger partial charge in [0.2, 0.25) is 11.8 Å². The van der Waals surface area contributed by atoms with Crippen LogP contribution in [0.4, 0.5) is 9.59 Å². The summed E-state index contributed by atoms with van der Waals surface area (Å²) in [5.74, 6) is -7.45. The molecule has 19 nitrogen and oxygen atoms in total. The highest BCUT2D eigenvalue weighted by atomic mass is 16.6. The fourth-order valence-corrected chi connectivity index (χ4v) is 4.53. The average Bonchev–Trinajstić information content (AvgIpc) is 3.88. The number of benzene rings is 1. The van der Waals surface area contributed by atoms with Gasteiger partial charge in [-0.15, -0.1) is 5.01 Å². The number of rotatable bonds is 17. The summed E-state index contributed by atoms with van der Waals surface area (Å²) >= 11 is 0. The Labute approximate surface area is 287 Å². The lowest BCUT2D eigenvalue weighted by molar-refractivity contribution is -0.160. The Bertz CT molecular complexity index is 1410. The summed E-state index contributed by atoms with van der Waals surface area (Å²) in [7, 11) is 0.848. The van der Waals surface area contributed by atoms with Gasteiger partial charge in [0.1, 0.15) is 24.7 Å². The van der Waals surface area contributed by atoms with Crippen molar-refractivity contribution in [3.8, 4) is 0 Å². The van der Waals surface area contributed by atoms with Crippen molar-refractivity contribution in [2.45, 2.75) is 90.0 Å². The molecule has 0 bridgehead atoms. The molecule has 1 fully saturated rings. The van der Waals surface area contributed by atoms with E-state index in [1.54, 1.807) is 44.2 Å². The molecule has 0 radical (unpaired) electrons. The molecule has 7 atom stereocenters. The van der Waals surface area contributed by atoms with Gasteiger partial charge in [0, 0.05) is 13.5 Å². The van der Waals surface area contributed by atoms with E-state index in [0.29, 0.717) is 12.0 Å². The van der Waals surface area contributed by atoms with Crippen molar-refractivity contribution in [1.29, 1.82) is 0 Å². The normalized spacial score (nSPS) is 17.7. The number of nitrogens with zero attached hydrogens (tertiary/aromatic N) is 2. The van der Waals surface area contributed by atoms with Crippen LogP contribution in [0.3, 0.4) is 0 Å². The SMILES string of the molecule is CCOC(=O)[C@@H]1O[C@H]1C(=O)N(C(=O)O)N(C)C(=O)[C@@H](NC(=O)[C@H](CCC(=O)O)NC(=O)[C@@H](NC(=O)OCc1ccccc1)[C@@H](C)CC)[C@@H](C)O. The average molecular weight is 710 g/mol. The van der Waals surface area contributed by atoms with E-state index in [1.165, 1.54) is 6.92 Å². The van der Waals surface area contributed by atoms with E-state index in [2.05, 4.69) is 16.0 Å². The molecule has 1 aromatic carbocycles. The number of carbonyl (C=O) groups excluding carboxylic acids is 6. The first-order valence-electron chi connectivity index (χ1n) is 15.7. The maximum Gasteiger partial charge on any atom is 0.433 e. The molecule has 1 saturated heterocycles. The maximum atomic E-state index is 13.4.